The van der Waals surface area contributed by atoms with Gasteiger partial charge in [-0.3, -0.25) is 4.79 Å². The molecule has 0 spiro atoms. The fourth-order valence-electron chi connectivity index (χ4n) is 2.82. The van der Waals surface area contributed by atoms with E-state index in [1.165, 1.54) is 9.58 Å². The lowest BCUT2D eigenvalue weighted by Gasteiger charge is -2.34. The van der Waals surface area contributed by atoms with Crippen LogP contribution in [-0.4, -0.2) is 60.4 Å². The maximum absolute atomic E-state index is 12.6. The Kier molecular flexibility index (Phi) is 4.92. The highest BCUT2D eigenvalue weighted by Gasteiger charge is 2.41. The van der Waals surface area contributed by atoms with Crippen molar-refractivity contribution in [2.75, 3.05) is 13.1 Å². The number of aliphatic hydroxyl groups is 1. The minimum absolute atomic E-state index is 0.0424. The van der Waals surface area contributed by atoms with Crippen LogP contribution in [0.3, 0.4) is 0 Å². The highest BCUT2D eigenvalue weighted by Crippen LogP contribution is 2.29. The fraction of sp³-hybridized carbons (Fsp3) is 0.375. The third kappa shape index (κ3) is 3.27. The first-order chi connectivity index (χ1) is 12.2. The van der Waals surface area contributed by atoms with Gasteiger partial charge in [0.15, 0.2) is 5.60 Å². The number of carboxylic acids is 1. The number of rotatable bonds is 3. The molecule has 0 aliphatic carbocycles. The van der Waals surface area contributed by atoms with E-state index in [9.17, 15) is 14.7 Å². The molecule has 1 aliphatic rings. The Morgan fingerprint density at radius 2 is 1.77 bits per heavy atom. The van der Waals surface area contributed by atoms with Gasteiger partial charge in [-0.1, -0.05) is 29.3 Å². The van der Waals surface area contributed by atoms with Crippen LogP contribution in [0.4, 0.5) is 0 Å². The van der Waals surface area contributed by atoms with Gasteiger partial charge in [0.25, 0.3) is 5.91 Å². The Balaban J connectivity index is 1.84. The van der Waals surface area contributed by atoms with Crippen LogP contribution in [0.2, 0.25) is 10.0 Å². The van der Waals surface area contributed by atoms with E-state index in [1.807, 2.05) is 0 Å². The van der Waals surface area contributed by atoms with Gasteiger partial charge in [-0.2, -0.15) is 0 Å². The second-order valence-corrected chi connectivity index (χ2v) is 6.91. The SMILES string of the molecule is Cc1nc(C(=O)N2CCC(O)(C(=O)O)CC2)nn1-c1c(Cl)cccc1Cl. The molecule has 1 amide bonds. The molecule has 2 N–H and O–H groups in total. The van der Waals surface area contributed by atoms with E-state index in [0.29, 0.717) is 21.6 Å². The number of halogens is 2. The number of hydrogen-bond donors (Lipinski definition) is 2. The fourth-order valence-corrected chi connectivity index (χ4v) is 3.38. The molecule has 1 aromatic carbocycles. The molecule has 1 aliphatic heterocycles. The Morgan fingerprint density at radius 3 is 2.31 bits per heavy atom. The lowest BCUT2D eigenvalue weighted by molar-refractivity contribution is -0.162. The van der Waals surface area contributed by atoms with Crippen LogP contribution in [0, 0.1) is 6.92 Å². The second kappa shape index (κ2) is 6.86. The average molecular weight is 399 g/mol. The van der Waals surface area contributed by atoms with Gasteiger partial charge in [0.1, 0.15) is 11.5 Å². The smallest absolute Gasteiger partial charge is 0.335 e. The molecule has 138 valence electrons. The molecular weight excluding hydrogens is 383 g/mol. The van der Waals surface area contributed by atoms with Crippen molar-refractivity contribution < 1.29 is 19.8 Å². The molecular formula is C16H16Cl2N4O4. The molecule has 8 nitrogen and oxygen atoms in total. The summed E-state index contributed by atoms with van der Waals surface area (Å²) in [6.07, 6.45) is -0.103. The highest BCUT2D eigenvalue weighted by atomic mass is 35.5. The second-order valence-electron chi connectivity index (χ2n) is 6.09. The third-order valence-electron chi connectivity index (χ3n) is 4.39. The molecule has 10 heteroatoms. The Bertz CT molecular complexity index is 855. The van der Waals surface area contributed by atoms with Crippen LogP contribution in [0.25, 0.3) is 5.69 Å². The van der Waals surface area contributed by atoms with Gasteiger partial charge in [0.05, 0.1) is 10.0 Å². The maximum Gasteiger partial charge on any atom is 0.335 e. The summed E-state index contributed by atoms with van der Waals surface area (Å²) in [7, 11) is 0. The number of nitrogens with zero attached hydrogens (tertiary/aromatic N) is 4. The summed E-state index contributed by atoms with van der Waals surface area (Å²) >= 11 is 12.4. The normalized spacial score (nSPS) is 16.5. The highest BCUT2D eigenvalue weighted by molar-refractivity contribution is 6.37. The van der Waals surface area contributed by atoms with Gasteiger partial charge in [-0.25, -0.2) is 14.5 Å². The first-order valence-electron chi connectivity index (χ1n) is 7.86. The zero-order chi connectivity index (χ0) is 19.1. The zero-order valence-electron chi connectivity index (χ0n) is 13.8. The average Bonchev–Trinajstić information content (AvgIpc) is 2.96. The summed E-state index contributed by atoms with van der Waals surface area (Å²) in [6, 6.07) is 5.01. The number of para-hydroxylation sites is 1. The van der Waals surface area contributed by atoms with Crippen molar-refractivity contribution in [2.45, 2.75) is 25.4 Å². The van der Waals surface area contributed by atoms with Gasteiger partial charge < -0.3 is 15.1 Å². The monoisotopic (exact) mass is 398 g/mol. The molecule has 0 saturated carbocycles. The Labute approximate surface area is 159 Å². The standard InChI is InChI=1S/C16H16Cl2N4O4/c1-9-19-13(20-22(9)12-10(17)3-2-4-11(12)18)14(23)21-7-5-16(26,6-8-21)15(24)25/h2-4,26H,5-8H2,1H3,(H,24,25). The summed E-state index contributed by atoms with van der Waals surface area (Å²) < 4.78 is 1.40. The molecule has 1 fully saturated rings. The summed E-state index contributed by atoms with van der Waals surface area (Å²) in [5.41, 5.74) is -1.37. The van der Waals surface area contributed by atoms with Crippen LogP contribution in [0.5, 0.6) is 0 Å². The number of aliphatic carboxylic acids is 1. The van der Waals surface area contributed by atoms with Crippen molar-refractivity contribution in [2.24, 2.45) is 0 Å². The number of amides is 1. The van der Waals surface area contributed by atoms with E-state index in [2.05, 4.69) is 10.1 Å². The van der Waals surface area contributed by atoms with Gasteiger partial charge >= 0.3 is 5.97 Å². The van der Waals surface area contributed by atoms with Crippen molar-refractivity contribution in [1.29, 1.82) is 0 Å². The van der Waals surface area contributed by atoms with E-state index in [1.54, 1.807) is 25.1 Å². The summed E-state index contributed by atoms with van der Waals surface area (Å²) in [5.74, 6) is -1.33. The van der Waals surface area contributed by atoms with E-state index in [0.717, 1.165) is 0 Å². The number of aromatic nitrogens is 3. The maximum atomic E-state index is 12.6. The molecule has 0 unspecified atom stereocenters. The number of carboxylic acid groups (broad SMARTS) is 1. The minimum atomic E-state index is -1.80. The van der Waals surface area contributed by atoms with E-state index >= 15 is 0 Å². The van der Waals surface area contributed by atoms with Crippen LogP contribution in [0.1, 0.15) is 29.3 Å². The first-order valence-corrected chi connectivity index (χ1v) is 8.61. The van der Waals surface area contributed by atoms with Gasteiger partial charge in [-0.15, -0.1) is 5.10 Å². The molecule has 1 saturated heterocycles. The van der Waals surface area contributed by atoms with Crippen LogP contribution < -0.4 is 0 Å². The van der Waals surface area contributed by atoms with E-state index in [4.69, 9.17) is 28.3 Å². The number of hydrogen-bond acceptors (Lipinski definition) is 5. The van der Waals surface area contributed by atoms with Crippen LogP contribution >= 0.6 is 23.2 Å². The molecule has 0 radical (unpaired) electrons. The number of carbonyl (C=O) groups excluding carboxylic acids is 1. The van der Waals surface area contributed by atoms with Crippen molar-refractivity contribution in [3.8, 4) is 5.69 Å². The first kappa shape index (κ1) is 18.6. The molecule has 3 rings (SSSR count). The number of aryl methyl sites for hydroxylation is 1. The number of carbonyl (C=O) groups is 2. The molecule has 2 aromatic rings. The Hall–Kier alpha value is -2.16. The number of likely N-dealkylation sites (tertiary alicyclic amines) is 1. The predicted molar refractivity (Wildman–Crippen MR) is 93.8 cm³/mol. The van der Waals surface area contributed by atoms with E-state index in [-0.39, 0.29) is 31.8 Å². The third-order valence-corrected chi connectivity index (χ3v) is 5.00. The molecule has 0 atom stereocenters. The van der Waals surface area contributed by atoms with Crippen LogP contribution in [0.15, 0.2) is 18.2 Å². The molecule has 0 bridgehead atoms. The van der Waals surface area contributed by atoms with Crippen molar-refractivity contribution in [3.63, 3.8) is 0 Å². The van der Waals surface area contributed by atoms with Crippen LogP contribution in [-0.2, 0) is 4.79 Å². The molecule has 26 heavy (non-hydrogen) atoms. The molecule has 1 aromatic heterocycles. The van der Waals surface area contributed by atoms with Gasteiger partial charge in [-0.05, 0) is 19.1 Å². The lowest BCUT2D eigenvalue weighted by Crippen LogP contribution is -2.51. The summed E-state index contributed by atoms with van der Waals surface area (Å²) in [4.78, 5) is 29.3. The predicted octanol–water partition coefficient (Wildman–Crippen LogP) is 1.93. The lowest BCUT2D eigenvalue weighted by atomic mass is 9.91. The van der Waals surface area contributed by atoms with Crippen molar-refractivity contribution in [3.05, 3.63) is 39.9 Å². The van der Waals surface area contributed by atoms with Crippen molar-refractivity contribution in [1.82, 2.24) is 19.7 Å². The number of piperidine rings is 1. The quantitative estimate of drug-likeness (QED) is 0.817. The van der Waals surface area contributed by atoms with E-state index < -0.39 is 17.5 Å². The summed E-state index contributed by atoms with van der Waals surface area (Å²) in [5, 5.41) is 24.0. The summed E-state index contributed by atoms with van der Waals surface area (Å²) in [6.45, 7) is 1.87. The largest absolute Gasteiger partial charge is 0.479 e. The topological polar surface area (TPSA) is 109 Å². The van der Waals surface area contributed by atoms with Crippen molar-refractivity contribution >= 4 is 35.1 Å². The van der Waals surface area contributed by atoms with Gasteiger partial charge in [0.2, 0.25) is 5.82 Å². The Morgan fingerprint density at radius 1 is 1.19 bits per heavy atom. The molecule has 2 heterocycles. The number of benzene rings is 1. The van der Waals surface area contributed by atoms with Gasteiger partial charge in [0, 0.05) is 25.9 Å². The minimum Gasteiger partial charge on any atom is -0.479 e. The zero-order valence-corrected chi connectivity index (χ0v) is 15.3.